The second-order valence-electron chi connectivity index (χ2n) is 10.7. The Morgan fingerprint density at radius 2 is 1.39 bits per heavy atom. The van der Waals surface area contributed by atoms with Crippen molar-refractivity contribution in [2.75, 3.05) is 33.9 Å². The van der Waals surface area contributed by atoms with Gasteiger partial charge in [0.2, 0.25) is 0 Å². The largest absolute Gasteiger partial charge is 0.490 e. The summed E-state index contributed by atoms with van der Waals surface area (Å²) in [4.78, 5) is 12.2. The van der Waals surface area contributed by atoms with Crippen LogP contribution in [0, 0.1) is 0 Å². The van der Waals surface area contributed by atoms with Crippen molar-refractivity contribution in [1.29, 1.82) is 0 Å². The molecular formula is C32H50NO3+. The van der Waals surface area contributed by atoms with Crippen LogP contribution < -0.4 is 4.74 Å². The van der Waals surface area contributed by atoms with Crippen molar-refractivity contribution in [2.45, 2.75) is 90.5 Å². The molecule has 0 radical (unpaired) electrons. The predicted octanol–water partition coefficient (Wildman–Crippen LogP) is 7.74. The van der Waals surface area contributed by atoms with Crippen molar-refractivity contribution in [3.8, 4) is 5.75 Å². The Morgan fingerprint density at radius 3 is 2.11 bits per heavy atom. The number of hydrogen-bond donors (Lipinski definition) is 0. The zero-order chi connectivity index (χ0) is 25.9. The average molecular weight is 497 g/mol. The van der Waals surface area contributed by atoms with E-state index < -0.39 is 0 Å². The van der Waals surface area contributed by atoms with E-state index in [-0.39, 0.29) is 5.97 Å². The van der Waals surface area contributed by atoms with Crippen LogP contribution in [-0.2, 0) is 22.5 Å². The number of hydrogen-bond acceptors (Lipinski definition) is 3. The Hall–Kier alpha value is -2.33. The molecule has 0 aliphatic rings. The summed E-state index contributed by atoms with van der Waals surface area (Å²) in [6, 6.07) is 18.8. The van der Waals surface area contributed by atoms with Gasteiger partial charge in [0, 0.05) is 12.0 Å². The molecule has 0 saturated carbocycles. The summed E-state index contributed by atoms with van der Waals surface area (Å²) in [5.74, 6) is 0.786. The second kappa shape index (κ2) is 18.0. The van der Waals surface area contributed by atoms with E-state index in [9.17, 15) is 4.79 Å². The summed E-state index contributed by atoms with van der Waals surface area (Å²) >= 11 is 0. The number of benzene rings is 2. The minimum atomic E-state index is -0.138. The highest BCUT2D eigenvalue weighted by Crippen LogP contribution is 2.21. The fourth-order valence-electron chi connectivity index (χ4n) is 4.66. The zero-order valence-corrected chi connectivity index (χ0v) is 23.2. The van der Waals surface area contributed by atoms with Crippen LogP contribution >= 0.6 is 0 Å². The lowest BCUT2D eigenvalue weighted by Gasteiger charge is -2.29. The maximum Gasteiger partial charge on any atom is 0.306 e. The number of carbonyl (C=O) groups is 1. The second-order valence-corrected chi connectivity index (χ2v) is 10.7. The molecule has 0 fully saturated rings. The molecule has 0 aromatic heterocycles. The van der Waals surface area contributed by atoms with Gasteiger partial charge in [-0.1, -0.05) is 107 Å². The standard InChI is InChI=1S/C32H50NO3/c1-4-5-6-7-8-9-10-11-15-21-30-22-16-17-23-31(30)35-26-27-36-32(34)24-18-25-33(2,3)28-29-19-13-12-14-20-29/h12-14,16-17,19-20,22-23H,4-11,15,18,21,24-28H2,1-3H3/q+1. The first-order chi connectivity index (χ1) is 17.5. The number of quaternary nitrogens is 1. The van der Waals surface area contributed by atoms with Crippen LogP contribution in [0.1, 0.15) is 88.7 Å². The van der Waals surface area contributed by atoms with Gasteiger partial charge in [0.1, 0.15) is 25.5 Å². The maximum absolute atomic E-state index is 12.2. The molecule has 0 aliphatic carbocycles. The van der Waals surface area contributed by atoms with Gasteiger partial charge >= 0.3 is 5.97 Å². The van der Waals surface area contributed by atoms with E-state index >= 15 is 0 Å². The summed E-state index contributed by atoms with van der Waals surface area (Å²) in [6.45, 7) is 4.86. The van der Waals surface area contributed by atoms with Crippen LogP contribution in [0.4, 0.5) is 0 Å². The zero-order valence-electron chi connectivity index (χ0n) is 23.2. The van der Waals surface area contributed by atoms with E-state index in [0.29, 0.717) is 19.6 Å². The minimum Gasteiger partial charge on any atom is -0.490 e. The quantitative estimate of drug-likeness (QED) is 0.107. The molecule has 0 amide bonds. The van der Waals surface area contributed by atoms with Crippen LogP contribution in [0.2, 0.25) is 0 Å². The average Bonchev–Trinajstić information content (AvgIpc) is 2.86. The molecule has 0 saturated heterocycles. The fraction of sp³-hybridized carbons (Fsp3) is 0.594. The molecule has 36 heavy (non-hydrogen) atoms. The molecule has 4 heteroatoms. The SMILES string of the molecule is CCCCCCCCCCCc1ccccc1OCCOC(=O)CCC[N+](C)(C)Cc1ccccc1. The highest BCUT2D eigenvalue weighted by molar-refractivity contribution is 5.69. The Labute approximate surface area is 220 Å². The van der Waals surface area contributed by atoms with Gasteiger partial charge in [-0.3, -0.25) is 4.79 Å². The van der Waals surface area contributed by atoms with Gasteiger partial charge in [-0.25, -0.2) is 0 Å². The molecule has 0 aliphatic heterocycles. The first-order valence-corrected chi connectivity index (χ1v) is 14.2. The lowest BCUT2D eigenvalue weighted by Crippen LogP contribution is -2.39. The van der Waals surface area contributed by atoms with Crippen molar-refractivity contribution in [1.82, 2.24) is 0 Å². The van der Waals surface area contributed by atoms with Gasteiger partial charge in [-0.05, 0) is 24.5 Å². The van der Waals surface area contributed by atoms with Gasteiger partial charge in [-0.2, -0.15) is 0 Å². The third-order valence-corrected chi connectivity index (χ3v) is 6.72. The summed E-state index contributed by atoms with van der Waals surface area (Å²) in [5.41, 5.74) is 2.57. The van der Waals surface area contributed by atoms with Gasteiger partial charge in [0.15, 0.2) is 0 Å². The lowest BCUT2D eigenvalue weighted by atomic mass is 10.0. The van der Waals surface area contributed by atoms with Crippen LogP contribution in [0.15, 0.2) is 54.6 Å². The molecule has 0 bridgehead atoms. The van der Waals surface area contributed by atoms with Crippen LogP contribution in [-0.4, -0.2) is 44.3 Å². The number of nitrogens with zero attached hydrogens (tertiary/aromatic N) is 1. The summed E-state index contributed by atoms with van der Waals surface area (Å²) in [6.07, 6.45) is 14.3. The molecule has 0 spiro atoms. The van der Waals surface area contributed by atoms with Crippen molar-refractivity contribution >= 4 is 5.97 Å². The number of para-hydroxylation sites is 1. The normalized spacial score (nSPS) is 11.4. The Morgan fingerprint density at radius 1 is 0.750 bits per heavy atom. The molecular weight excluding hydrogens is 446 g/mol. The van der Waals surface area contributed by atoms with Crippen LogP contribution in [0.25, 0.3) is 0 Å². The minimum absolute atomic E-state index is 0.138. The molecule has 2 aromatic carbocycles. The topological polar surface area (TPSA) is 35.5 Å². The van der Waals surface area contributed by atoms with E-state index in [1.807, 2.05) is 18.2 Å². The number of ether oxygens (including phenoxy) is 2. The summed E-state index contributed by atoms with van der Waals surface area (Å²) < 4.78 is 12.2. The molecule has 4 nitrogen and oxygen atoms in total. The number of rotatable bonds is 20. The highest BCUT2D eigenvalue weighted by Gasteiger charge is 2.16. The Kier molecular flexibility index (Phi) is 14.9. The van der Waals surface area contributed by atoms with Crippen molar-refractivity contribution in [3.63, 3.8) is 0 Å². The third-order valence-electron chi connectivity index (χ3n) is 6.72. The first-order valence-electron chi connectivity index (χ1n) is 14.2. The Bertz CT molecular complexity index is 834. The number of aryl methyl sites for hydroxylation is 1. The van der Waals surface area contributed by atoms with E-state index in [4.69, 9.17) is 9.47 Å². The number of carbonyl (C=O) groups excluding carboxylic acids is 1. The smallest absolute Gasteiger partial charge is 0.306 e. The van der Waals surface area contributed by atoms with Crippen molar-refractivity contribution in [2.24, 2.45) is 0 Å². The van der Waals surface area contributed by atoms with Crippen molar-refractivity contribution in [3.05, 3.63) is 65.7 Å². The fourth-order valence-corrected chi connectivity index (χ4v) is 4.66. The lowest BCUT2D eigenvalue weighted by molar-refractivity contribution is -0.903. The molecule has 2 aromatic rings. The molecule has 0 heterocycles. The van der Waals surface area contributed by atoms with Crippen molar-refractivity contribution < 1.29 is 18.8 Å². The number of esters is 1. The highest BCUT2D eigenvalue weighted by atomic mass is 16.6. The molecule has 2 rings (SSSR count). The number of unbranched alkanes of at least 4 members (excludes halogenated alkanes) is 8. The van der Waals surface area contributed by atoms with Crippen LogP contribution in [0.3, 0.4) is 0 Å². The van der Waals surface area contributed by atoms with Gasteiger partial charge < -0.3 is 14.0 Å². The van der Waals surface area contributed by atoms with Gasteiger partial charge in [-0.15, -0.1) is 0 Å². The van der Waals surface area contributed by atoms with E-state index in [1.165, 1.54) is 68.9 Å². The molecule has 200 valence electrons. The Balaban J connectivity index is 1.56. The monoisotopic (exact) mass is 496 g/mol. The maximum atomic E-state index is 12.2. The van der Waals surface area contributed by atoms with E-state index in [1.54, 1.807) is 0 Å². The first kappa shape index (κ1) is 29.9. The van der Waals surface area contributed by atoms with E-state index in [0.717, 1.165) is 36.2 Å². The summed E-state index contributed by atoms with van der Waals surface area (Å²) in [7, 11) is 4.41. The predicted molar refractivity (Wildman–Crippen MR) is 150 cm³/mol. The molecule has 0 unspecified atom stereocenters. The van der Waals surface area contributed by atoms with E-state index in [2.05, 4.69) is 57.4 Å². The molecule has 0 N–H and O–H groups in total. The van der Waals surface area contributed by atoms with Gasteiger partial charge in [0.05, 0.1) is 27.1 Å². The summed E-state index contributed by atoms with van der Waals surface area (Å²) in [5, 5.41) is 0. The van der Waals surface area contributed by atoms with Crippen LogP contribution in [0.5, 0.6) is 5.75 Å². The third kappa shape index (κ3) is 13.7. The molecule has 0 atom stereocenters. The van der Waals surface area contributed by atoms with Gasteiger partial charge in [0.25, 0.3) is 0 Å².